The molecule has 2 heterocycles. The number of anilines is 1. The number of rotatable bonds is 5. The van der Waals surface area contributed by atoms with Crippen LogP contribution in [-0.2, 0) is 16.4 Å². The highest BCUT2D eigenvalue weighted by atomic mass is 79.9. The van der Waals surface area contributed by atoms with E-state index in [9.17, 15) is 17.9 Å². The molecule has 4 rings (SSSR count). The van der Waals surface area contributed by atoms with Crippen LogP contribution in [0.1, 0.15) is 17.4 Å². The first-order chi connectivity index (χ1) is 14.7. The van der Waals surface area contributed by atoms with Gasteiger partial charge >= 0.3 is 0 Å². The van der Waals surface area contributed by atoms with E-state index in [0.29, 0.717) is 35.5 Å². The van der Waals surface area contributed by atoms with E-state index < -0.39 is 21.9 Å². The van der Waals surface area contributed by atoms with E-state index in [-0.39, 0.29) is 11.6 Å². The van der Waals surface area contributed by atoms with Crippen molar-refractivity contribution in [3.8, 4) is 16.9 Å². The SMILES string of the molecule is CS(=O)(=O)Nc1ccc(F)cc1-c1ccc2c(c1)OC[C@H](Cc1ccc(Br)cn1)[C@H]2O. The highest BCUT2D eigenvalue weighted by Crippen LogP contribution is 2.40. The lowest BCUT2D eigenvalue weighted by molar-refractivity contribution is 0.0503. The van der Waals surface area contributed by atoms with Crippen molar-refractivity contribution in [1.82, 2.24) is 4.98 Å². The van der Waals surface area contributed by atoms with Gasteiger partial charge in [-0.25, -0.2) is 12.8 Å². The monoisotopic (exact) mass is 506 g/mol. The number of hydrogen-bond donors (Lipinski definition) is 2. The summed E-state index contributed by atoms with van der Waals surface area (Å²) < 4.78 is 46.5. The van der Waals surface area contributed by atoms with Crippen LogP contribution >= 0.6 is 15.9 Å². The van der Waals surface area contributed by atoms with Gasteiger partial charge in [-0.3, -0.25) is 9.71 Å². The zero-order chi connectivity index (χ0) is 22.2. The van der Waals surface area contributed by atoms with Gasteiger partial charge in [0, 0.05) is 33.4 Å². The molecule has 0 saturated heterocycles. The molecule has 0 radical (unpaired) electrons. The van der Waals surface area contributed by atoms with Gasteiger partial charge in [0.2, 0.25) is 10.0 Å². The van der Waals surface area contributed by atoms with Crippen LogP contribution in [0.25, 0.3) is 11.1 Å². The fraction of sp³-hybridized carbons (Fsp3) is 0.227. The largest absolute Gasteiger partial charge is 0.493 e. The molecule has 0 spiro atoms. The van der Waals surface area contributed by atoms with E-state index in [1.165, 1.54) is 18.2 Å². The molecular weight excluding hydrogens is 487 g/mol. The molecule has 0 aliphatic carbocycles. The Kier molecular flexibility index (Phi) is 6.00. The van der Waals surface area contributed by atoms with Crippen molar-refractivity contribution in [1.29, 1.82) is 0 Å². The summed E-state index contributed by atoms with van der Waals surface area (Å²) in [6, 6.07) is 12.8. The lowest BCUT2D eigenvalue weighted by Gasteiger charge is -2.30. The first-order valence-electron chi connectivity index (χ1n) is 9.52. The lowest BCUT2D eigenvalue weighted by atomic mass is 9.88. The van der Waals surface area contributed by atoms with Gasteiger partial charge in [0.25, 0.3) is 0 Å². The number of benzene rings is 2. The molecule has 1 aliphatic heterocycles. The van der Waals surface area contributed by atoms with Crippen molar-refractivity contribution in [3.63, 3.8) is 0 Å². The summed E-state index contributed by atoms with van der Waals surface area (Å²) >= 11 is 3.36. The summed E-state index contributed by atoms with van der Waals surface area (Å²) in [4.78, 5) is 4.36. The Morgan fingerprint density at radius 2 is 2.03 bits per heavy atom. The van der Waals surface area contributed by atoms with E-state index in [0.717, 1.165) is 16.4 Å². The van der Waals surface area contributed by atoms with Crippen molar-refractivity contribution >= 4 is 31.6 Å². The van der Waals surface area contributed by atoms with Crippen molar-refractivity contribution < 1.29 is 22.7 Å². The van der Waals surface area contributed by atoms with E-state index in [2.05, 4.69) is 25.6 Å². The Hall–Kier alpha value is -2.49. The molecule has 1 aliphatic rings. The second-order valence-electron chi connectivity index (χ2n) is 7.50. The van der Waals surface area contributed by atoms with Gasteiger partial charge in [-0.1, -0.05) is 12.1 Å². The molecule has 6 nitrogen and oxygen atoms in total. The number of ether oxygens (including phenoxy) is 1. The highest BCUT2D eigenvalue weighted by Gasteiger charge is 2.30. The smallest absolute Gasteiger partial charge is 0.229 e. The number of nitrogens with one attached hydrogen (secondary N) is 1. The molecule has 9 heteroatoms. The van der Waals surface area contributed by atoms with E-state index in [4.69, 9.17) is 4.74 Å². The minimum atomic E-state index is -3.54. The van der Waals surface area contributed by atoms with Gasteiger partial charge in [0.05, 0.1) is 24.7 Å². The molecule has 3 aromatic rings. The first kappa shape index (κ1) is 21.7. The van der Waals surface area contributed by atoms with Crippen LogP contribution in [0.3, 0.4) is 0 Å². The van der Waals surface area contributed by atoms with Gasteiger partial charge in [-0.2, -0.15) is 0 Å². The number of sulfonamides is 1. The Bertz CT molecular complexity index is 1220. The molecule has 0 saturated carbocycles. The fourth-order valence-corrected chi connectivity index (χ4v) is 4.44. The van der Waals surface area contributed by atoms with Gasteiger partial charge in [-0.15, -0.1) is 0 Å². The van der Waals surface area contributed by atoms with Gasteiger partial charge in [-0.05, 0) is 64.3 Å². The van der Waals surface area contributed by atoms with Crippen molar-refractivity contribution in [3.05, 3.63) is 76.3 Å². The standard InChI is InChI=1S/C22H20BrFN2O4S/c1-31(28,29)26-20-7-4-16(24)10-19(20)13-2-6-18-21(9-13)30-12-14(22(18)27)8-17-5-3-15(23)11-25-17/h2-7,9-11,14,22,26-27H,8,12H2,1H3/t14-,22+/m0/s1. The summed E-state index contributed by atoms with van der Waals surface area (Å²) in [5.74, 6) is -0.168. The summed E-state index contributed by atoms with van der Waals surface area (Å²) in [6.07, 6.45) is 2.56. The van der Waals surface area contributed by atoms with Crippen LogP contribution in [0.2, 0.25) is 0 Å². The first-order valence-corrected chi connectivity index (χ1v) is 12.2. The average molecular weight is 507 g/mol. The number of pyridine rings is 1. The van der Waals surface area contributed by atoms with Crippen molar-refractivity contribution in [2.75, 3.05) is 17.6 Å². The number of aliphatic hydroxyl groups excluding tert-OH is 1. The average Bonchev–Trinajstić information content (AvgIpc) is 2.72. The molecule has 0 fully saturated rings. The normalized spacial score (nSPS) is 18.2. The third-order valence-corrected chi connectivity index (χ3v) is 6.14. The minimum Gasteiger partial charge on any atom is -0.493 e. The van der Waals surface area contributed by atoms with E-state index >= 15 is 0 Å². The molecule has 2 N–H and O–H groups in total. The highest BCUT2D eigenvalue weighted by molar-refractivity contribution is 9.10. The Morgan fingerprint density at radius 1 is 1.23 bits per heavy atom. The molecule has 31 heavy (non-hydrogen) atoms. The quantitative estimate of drug-likeness (QED) is 0.538. The maximum Gasteiger partial charge on any atom is 0.229 e. The van der Waals surface area contributed by atoms with Gasteiger partial charge < -0.3 is 9.84 Å². The van der Waals surface area contributed by atoms with Crippen LogP contribution in [-0.4, -0.2) is 31.4 Å². The number of nitrogens with zero attached hydrogens (tertiary/aromatic N) is 1. The second kappa shape index (κ2) is 8.57. The topological polar surface area (TPSA) is 88.5 Å². The summed E-state index contributed by atoms with van der Waals surface area (Å²) in [5.41, 5.74) is 2.70. The lowest BCUT2D eigenvalue weighted by Crippen LogP contribution is -2.28. The van der Waals surface area contributed by atoms with Crippen LogP contribution in [0.15, 0.2) is 59.2 Å². The molecule has 0 unspecified atom stereocenters. The Balaban J connectivity index is 1.62. The Morgan fingerprint density at radius 3 is 2.74 bits per heavy atom. The third kappa shape index (κ3) is 5.06. The third-order valence-electron chi connectivity index (χ3n) is 5.08. The number of aliphatic hydroxyl groups is 1. The molecule has 0 bridgehead atoms. The maximum absolute atomic E-state index is 13.9. The predicted octanol–water partition coefficient (Wildman–Crippen LogP) is 4.31. The summed E-state index contributed by atoms with van der Waals surface area (Å²) in [6.45, 7) is 0.299. The van der Waals surface area contributed by atoms with Crippen molar-refractivity contribution in [2.45, 2.75) is 12.5 Å². The Labute approximate surface area is 188 Å². The molecule has 2 aromatic carbocycles. The van der Waals surface area contributed by atoms with Gasteiger partial charge in [0.15, 0.2) is 0 Å². The number of halogens is 2. The predicted molar refractivity (Wildman–Crippen MR) is 120 cm³/mol. The number of hydrogen-bond acceptors (Lipinski definition) is 5. The fourth-order valence-electron chi connectivity index (χ4n) is 3.62. The zero-order valence-electron chi connectivity index (χ0n) is 16.5. The zero-order valence-corrected chi connectivity index (χ0v) is 19.0. The van der Waals surface area contributed by atoms with Gasteiger partial charge in [0.1, 0.15) is 11.6 Å². The minimum absolute atomic E-state index is 0.163. The number of fused-ring (bicyclic) bond motifs is 1. The maximum atomic E-state index is 13.9. The van der Waals surface area contributed by atoms with E-state index in [1.54, 1.807) is 24.4 Å². The molecule has 1 aromatic heterocycles. The summed E-state index contributed by atoms with van der Waals surface area (Å²) in [7, 11) is -3.54. The van der Waals surface area contributed by atoms with Crippen LogP contribution in [0.4, 0.5) is 10.1 Å². The summed E-state index contributed by atoms with van der Waals surface area (Å²) in [5, 5.41) is 10.9. The molecule has 0 amide bonds. The van der Waals surface area contributed by atoms with Crippen LogP contribution < -0.4 is 9.46 Å². The molecule has 162 valence electrons. The van der Waals surface area contributed by atoms with Crippen LogP contribution in [0.5, 0.6) is 5.75 Å². The molecular formula is C22H20BrFN2O4S. The van der Waals surface area contributed by atoms with E-state index in [1.807, 2.05) is 12.1 Å². The van der Waals surface area contributed by atoms with Crippen molar-refractivity contribution in [2.24, 2.45) is 5.92 Å². The number of aromatic nitrogens is 1. The molecule has 2 atom stereocenters. The van der Waals surface area contributed by atoms with Crippen LogP contribution in [0, 0.1) is 11.7 Å². The second-order valence-corrected chi connectivity index (χ2v) is 10.2.